The molecule has 0 aliphatic carbocycles. The standard InChI is InChI=1S/C14H20N2O3S.ClH/c1-2-20(18,19)13-8-4-3-7-12(13)14(17)16-11-6-5-9-15-10-11;/h3-4,7-8,11,15H,2,5-6,9-10H2,1H3,(H,16,17);1H/t11-;/m0./s1. The molecule has 5 nitrogen and oxygen atoms in total. The second-order valence-corrected chi connectivity index (χ2v) is 7.16. The van der Waals surface area contributed by atoms with Gasteiger partial charge < -0.3 is 10.6 Å². The molecule has 7 heteroatoms. The van der Waals surface area contributed by atoms with E-state index in [1.807, 2.05) is 0 Å². The first kappa shape index (κ1) is 17.9. The topological polar surface area (TPSA) is 75.3 Å². The molecular formula is C14H21ClN2O3S. The van der Waals surface area contributed by atoms with Gasteiger partial charge in [0.2, 0.25) is 0 Å². The highest BCUT2D eigenvalue weighted by Crippen LogP contribution is 2.17. The first-order chi connectivity index (χ1) is 9.54. The number of halogens is 1. The fraction of sp³-hybridized carbons (Fsp3) is 0.500. The highest BCUT2D eigenvalue weighted by Gasteiger charge is 2.22. The van der Waals surface area contributed by atoms with Crippen LogP contribution >= 0.6 is 12.4 Å². The Kier molecular flexibility index (Phi) is 6.64. The van der Waals surface area contributed by atoms with Gasteiger partial charge in [-0.25, -0.2) is 8.42 Å². The summed E-state index contributed by atoms with van der Waals surface area (Å²) >= 11 is 0. The Balaban J connectivity index is 0.00000220. The van der Waals surface area contributed by atoms with Gasteiger partial charge in [-0.3, -0.25) is 4.79 Å². The third-order valence-corrected chi connectivity index (χ3v) is 5.27. The molecule has 0 aromatic heterocycles. The zero-order valence-electron chi connectivity index (χ0n) is 12.0. The van der Waals surface area contributed by atoms with Crippen molar-refractivity contribution in [2.24, 2.45) is 0 Å². The molecule has 2 rings (SSSR count). The number of piperidine rings is 1. The van der Waals surface area contributed by atoms with E-state index in [9.17, 15) is 13.2 Å². The molecule has 1 heterocycles. The van der Waals surface area contributed by atoms with Gasteiger partial charge in [0.05, 0.1) is 16.2 Å². The lowest BCUT2D eigenvalue weighted by Crippen LogP contribution is -2.45. The van der Waals surface area contributed by atoms with E-state index in [1.165, 1.54) is 6.07 Å². The fourth-order valence-corrected chi connectivity index (χ4v) is 3.41. The van der Waals surface area contributed by atoms with Crippen molar-refractivity contribution in [2.75, 3.05) is 18.8 Å². The van der Waals surface area contributed by atoms with Crippen LogP contribution in [0.4, 0.5) is 0 Å². The summed E-state index contributed by atoms with van der Waals surface area (Å²) in [5.41, 5.74) is 0.236. The Morgan fingerprint density at radius 1 is 1.38 bits per heavy atom. The van der Waals surface area contributed by atoms with Gasteiger partial charge in [-0.05, 0) is 31.5 Å². The molecule has 1 aliphatic rings. The molecule has 1 aromatic carbocycles. The number of nitrogens with one attached hydrogen (secondary N) is 2. The van der Waals surface area contributed by atoms with Gasteiger partial charge in [-0.1, -0.05) is 19.1 Å². The number of carbonyl (C=O) groups is 1. The summed E-state index contributed by atoms with van der Waals surface area (Å²) in [5, 5.41) is 6.12. The van der Waals surface area contributed by atoms with Crippen molar-refractivity contribution in [3.63, 3.8) is 0 Å². The predicted octanol–water partition coefficient (Wildman–Crippen LogP) is 1.38. The molecule has 0 radical (unpaired) electrons. The normalized spacial score (nSPS) is 18.6. The van der Waals surface area contributed by atoms with E-state index in [0.717, 1.165) is 25.9 Å². The van der Waals surface area contributed by atoms with Crippen LogP contribution in [0, 0.1) is 0 Å². The van der Waals surface area contributed by atoms with Crippen LogP contribution in [0.5, 0.6) is 0 Å². The van der Waals surface area contributed by atoms with Gasteiger partial charge in [0, 0.05) is 12.6 Å². The second-order valence-electron chi connectivity index (χ2n) is 4.92. The monoisotopic (exact) mass is 332 g/mol. The molecule has 1 aliphatic heterocycles. The minimum absolute atomic E-state index is 0. The van der Waals surface area contributed by atoms with Gasteiger partial charge in [-0.2, -0.15) is 0 Å². The lowest BCUT2D eigenvalue weighted by molar-refractivity contribution is 0.0927. The van der Waals surface area contributed by atoms with Crippen molar-refractivity contribution < 1.29 is 13.2 Å². The minimum atomic E-state index is -3.39. The number of hydrogen-bond donors (Lipinski definition) is 2. The lowest BCUT2D eigenvalue weighted by Gasteiger charge is -2.24. The average Bonchev–Trinajstić information content (AvgIpc) is 2.48. The van der Waals surface area contributed by atoms with Crippen molar-refractivity contribution in [1.29, 1.82) is 0 Å². The highest BCUT2D eigenvalue weighted by atomic mass is 35.5. The molecule has 0 bridgehead atoms. The van der Waals surface area contributed by atoms with E-state index >= 15 is 0 Å². The summed E-state index contributed by atoms with van der Waals surface area (Å²) in [6.07, 6.45) is 1.93. The second kappa shape index (κ2) is 7.77. The van der Waals surface area contributed by atoms with E-state index in [2.05, 4.69) is 10.6 Å². The number of rotatable bonds is 4. The smallest absolute Gasteiger partial charge is 0.252 e. The zero-order chi connectivity index (χ0) is 14.6. The molecule has 1 aromatic rings. The zero-order valence-corrected chi connectivity index (χ0v) is 13.6. The van der Waals surface area contributed by atoms with Gasteiger partial charge in [-0.15, -0.1) is 12.4 Å². The molecule has 1 saturated heterocycles. The number of sulfone groups is 1. The first-order valence-corrected chi connectivity index (χ1v) is 8.53. The van der Waals surface area contributed by atoms with Crippen molar-refractivity contribution in [3.8, 4) is 0 Å². The van der Waals surface area contributed by atoms with Crippen molar-refractivity contribution in [2.45, 2.75) is 30.7 Å². The SMILES string of the molecule is CCS(=O)(=O)c1ccccc1C(=O)N[C@H]1CCCNC1.Cl. The molecule has 1 fully saturated rings. The summed E-state index contributed by atoms with van der Waals surface area (Å²) in [6, 6.07) is 6.44. The first-order valence-electron chi connectivity index (χ1n) is 6.88. The van der Waals surface area contributed by atoms with E-state index in [1.54, 1.807) is 25.1 Å². The van der Waals surface area contributed by atoms with Crippen LogP contribution in [0.15, 0.2) is 29.2 Å². The third kappa shape index (κ3) is 4.43. The lowest BCUT2D eigenvalue weighted by atomic mass is 10.1. The van der Waals surface area contributed by atoms with Crippen LogP contribution in [0.2, 0.25) is 0 Å². The highest BCUT2D eigenvalue weighted by molar-refractivity contribution is 7.91. The third-order valence-electron chi connectivity index (χ3n) is 3.48. The number of hydrogen-bond acceptors (Lipinski definition) is 4. The summed E-state index contributed by atoms with van der Waals surface area (Å²) in [4.78, 5) is 12.4. The number of benzene rings is 1. The van der Waals surface area contributed by atoms with E-state index in [0.29, 0.717) is 0 Å². The minimum Gasteiger partial charge on any atom is -0.348 e. The van der Waals surface area contributed by atoms with E-state index in [4.69, 9.17) is 0 Å². The quantitative estimate of drug-likeness (QED) is 0.873. The van der Waals surface area contributed by atoms with Crippen LogP contribution < -0.4 is 10.6 Å². The molecule has 118 valence electrons. The van der Waals surface area contributed by atoms with E-state index in [-0.39, 0.29) is 40.6 Å². The Morgan fingerprint density at radius 3 is 2.71 bits per heavy atom. The summed E-state index contributed by atoms with van der Waals surface area (Å²) in [5.74, 6) is -0.325. The van der Waals surface area contributed by atoms with Gasteiger partial charge in [0.1, 0.15) is 0 Å². The molecule has 2 N–H and O–H groups in total. The van der Waals surface area contributed by atoms with Crippen LogP contribution in [-0.4, -0.2) is 39.2 Å². The number of carbonyl (C=O) groups excluding carboxylic acids is 1. The molecule has 0 saturated carbocycles. The Bertz CT molecular complexity index is 584. The van der Waals surface area contributed by atoms with Crippen molar-refractivity contribution in [1.82, 2.24) is 10.6 Å². The summed E-state index contributed by atoms with van der Waals surface area (Å²) in [7, 11) is -3.39. The van der Waals surface area contributed by atoms with Gasteiger partial charge in [0.15, 0.2) is 9.84 Å². The maximum absolute atomic E-state index is 12.3. The largest absolute Gasteiger partial charge is 0.348 e. The molecule has 0 unspecified atom stereocenters. The van der Waals surface area contributed by atoms with Gasteiger partial charge >= 0.3 is 0 Å². The van der Waals surface area contributed by atoms with E-state index < -0.39 is 9.84 Å². The van der Waals surface area contributed by atoms with Gasteiger partial charge in [0.25, 0.3) is 5.91 Å². The van der Waals surface area contributed by atoms with Crippen LogP contribution in [0.3, 0.4) is 0 Å². The molecule has 1 amide bonds. The molecular weight excluding hydrogens is 312 g/mol. The van der Waals surface area contributed by atoms with Crippen LogP contribution in [0.1, 0.15) is 30.1 Å². The summed E-state index contributed by atoms with van der Waals surface area (Å²) < 4.78 is 24.1. The number of amides is 1. The van der Waals surface area contributed by atoms with Crippen LogP contribution in [-0.2, 0) is 9.84 Å². The Labute approximate surface area is 131 Å². The Morgan fingerprint density at radius 2 is 2.10 bits per heavy atom. The van der Waals surface area contributed by atoms with Crippen molar-refractivity contribution in [3.05, 3.63) is 29.8 Å². The Hall–Kier alpha value is -1.11. The average molecular weight is 333 g/mol. The molecule has 21 heavy (non-hydrogen) atoms. The fourth-order valence-electron chi connectivity index (χ4n) is 2.32. The molecule has 1 atom stereocenters. The van der Waals surface area contributed by atoms with Crippen molar-refractivity contribution >= 4 is 28.2 Å². The van der Waals surface area contributed by atoms with Crippen LogP contribution in [0.25, 0.3) is 0 Å². The maximum atomic E-state index is 12.3. The predicted molar refractivity (Wildman–Crippen MR) is 84.8 cm³/mol. The summed E-state index contributed by atoms with van der Waals surface area (Å²) in [6.45, 7) is 3.27. The molecule has 0 spiro atoms. The maximum Gasteiger partial charge on any atom is 0.252 e.